The molecule has 1 aromatic rings. The van der Waals surface area contributed by atoms with Crippen molar-refractivity contribution in [3.05, 3.63) is 16.1 Å². The minimum absolute atomic E-state index is 0.465. The highest BCUT2D eigenvalue weighted by molar-refractivity contribution is 7.99. The lowest BCUT2D eigenvalue weighted by molar-refractivity contribution is 0.405. The minimum atomic E-state index is 0.465. The van der Waals surface area contributed by atoms with E-state index >= 15 is 0 Å². The highest BCUT2D eigenvalue weighted by Gasteiger charge is 2.19. The van der Waals surface area contributed by atoms with Crippen LogP contribution in [0.25, 0.3) is 0 Å². The number of nitrogens with one attached hydrogen (secondary N) is 1. The largest absolute Gasteiger partial charge is 0.305 e. The van der Waals surface area contributed by atoms with Gasteiger partial charge in [-0.2, -0.15) is 11.8 Å². The Morgan fingerprint density at radius 3 is 2.81 bits per heavy atom. The van der Waals surface area contributed by atoms with Crippen molar-refractivity contribution in [2.45, 2.75) is 45.2 Å². The van der Waals surface area contributed by atoms with E-state index in [-0.39, 0.29) is 0 Å². The van der Waals surface area contributed by atoms with Gasteiger partial charge in [-0.25, -0.2) is 4.98 Å². The quantitative estimate of drug-likeness (QED) is 0.894. The maximum absolute atomic E-state index is 4.50. The van der Waals surface area contributed by atoms with Gasteiger partial charge in [0.25, 0.3) is 0 Å². The van der Waals surface area contributed by atoms with Gasteiger partial charge in [0.1, 0.15) is 5.01 Å². The van der Waals surface area contributed by atoms with Gasteiger partial charge in [-0.05, 0) is 37.7 Å². The second-order valence-corrected chi connectivity index (χ2v) is 6.81. The minimum Gasteiger partial charge on any atom is -0.305 e. The third-order valence-corrected chi connectivity index (χ3v) is 5.08. The molecule has 2 heterocycles. The van der Waals surface area contributed by atoms with Gasteiger partial charge in [-0.1, -0.05) is 6.92 Å². The maximum Gasteiger partial charge on any atom is 0.110 e. The fourth-order valence-corrected chi connectivity index (χ4v) is 4.07. The van der Waals surface area contributed by atoms with Crippen LogP contribution in [0, 0.1) is 6.92 Å². The number of hydrogen-bond donors (Lipinski definition) is 1. The lowest BCUT2D eigenvalue weighted by Crippen LogP contribution is -2.35. The fraction of sp³-hybridized carbons (Fsp3) is 0.750. The molecule has 0 radical (unpaired) electrons. The Morgan fingerprint density at radius 1 is 1.50 bits per heavy atom. The summed E-state index contributed by atoms with van der Waals surface area (Å²) in [6, 6.07) is 1.17. The standard InChI is InChI=1S/C12H20N2S2/c1-3-11(12-13-8-9(2)16-12)14-10-4-6-15-7-5-10/h8,10-11,14H,3-7H2,1-2H3. The monoisotopic (exact) mass is 256 g/mol. The van der Waals surface area contributed by atoms with Crippen molar-refractivity contribution in [2.75, 3.05) is 11.5 Å². The molecule has 0 bridgehead atoms. The van der Waals surface area contributed by atoms with Crippen molar-refractivity contribution in [3.63, 3.8) is 0 Å². The topological polar surface area (TPSA) is 24.9 Å². The van der Waals surface area contributed by atoms with Crippen LogP contribution in [0.15, 0.2) is 6.20 Å². The summed E-state index contributed by atoms with van der Waals surface area (Å²) >= 11 is 3.91. The van der Waals surface area contributed by atoms with E-state index in [2.05, 4.69) is 35.9 Å². The third-order valence-electron chi connectivity index (χ3n) is 3.00. The first kappa shape index (κ1) is 12.4. The van der Waals surface area contributed by atoms with Crippen molar-refractivity contribution in [1.29, 1.82) is 0 Å². The maximum atomic E-state index is 4.50. The Morgan fingerprint density at radius 2 is 2.25 bits per heavy atom. The molecule has 1 atom stereocenters. The van der Waals surface area contributed by atoms with E-state index in [0.29, 0.717) is 12.1 Å². The second kappa shape index (κ2) is 6.03. The zero-order valence-corrected chi connectivity index (χ0v) is 11.7. The van der Waals surface area contributed by atoms with Gasteiger partial charge in [-0.15, -0.1) is 11.3 Å². The molecule has 1 saturated heterocycles. The average molecular weight is 256 g/mol. The van der Waals surface area contributed by atoms with E-state index in [0.717, 1.165) is 6.42 Å². The molecule has 0 aromatic carbocycles. The summed E-state index contributed by atoms with van der Waals surface area (Å²) in [6.07, 6.45) is 5.74. The van der Waals surface area contributed by atoms with Gasteiger partial charge in [0.15, 0.2) is 0 Å². The van der Waals surface area contributed by atoms with Gasteiger partial charge < -0.3 is 5.32 Å². The predicted octanol–water partition coefficient (Wildman–Crippen LogP) is 3.39. The van der Waals surface area contributed by atoms with Gasteiger partial charge in [-0.3, -0.25) is 0 Å². The smallest absolute Gasteiger partial charge is 0.110 e. The van der Waals surface area contributed by atoms with Gasteiger partial charge in [0.2, 0.25) is 0 Å². The van der Waals surface area contributed by atoms with Crippen LogP contribution in [0.3, 0.4) is 0 Å². The Labute approximate surface area is 106 Å². The molecule has 1 aliphatic heterocycles. The van der Waals surface area contributed by atoms with Crippen molar-refractivity contribution in [1.82, 2.24) is 10.3 Å². The zero-order chi connectivity index (χ0) is 11.4. The number of thiazole rings is 1. The number of rotatable bonds is 4. The highest BCUT2D eigenvalue weighted by Crippen LogP contribution is 2.25. The SMILES string of the molecule is CCC(NC1CCSCC1)c1ncc(C)s1. The van der Waals surface area contributed by atoms with Crippen molar-refractivity contribution in [2.24, 2.45) is 0 Å². The van der Waals surface area contributed by atoms with Crippen LogP contribution in [0.4, 0.5) is 0 Å². The number of hydrogen-bond acceptors (Lipinski definition) is 4. The molecule has 0 spiro atoms. The molecule has 1 fully saturated rings. The van der Waals surface area contributed by atoms with E-state index in [1.807, 2.05) is 17.5 Å². The molecule has 1 unspecified atom stereocenters. The summed E-state index contributed by atoms with van der Waals surface area (Å²) in [5.74, 6) is 2.62. The molecular formula is C12H20N2S2. The molecule has 90 valence electrons. The van der Waals surface area contributed by atoms with Crippen LogP contribution in [0.1, 0.15) is 42.1 Å². The summed E-state index contributed by atoms with van der Waals surface area (Å²) in [7, 11) is 0. The van der Waals surface area contributed by atoms with E-state index in [1.54, 1.807) is 0 Å². The van der Waals surface area contributed by atoms with E-state index in [9.17, 15) is 0 Å². The van der Waals surface area contributed by atoms with Gasteiger partial charge >= 0.3 is 0 Å². The van der Waals surface area contributed by atoms with Crippen LogP contribution < -0.4 is 5.32 Å². The second-order valence-electron chi connectivity index (χ2n) is 4.32. The Hall–Kier alpha value is -0.0600. The van der Waals surface area contributed by atoms with Crippen molar-refractivity contribution < 1.29 is 0 Å². The molecule has 1 aliphatic rings. The van der Waals surface area contributed by atoms with Crippen LogP contribution >= 0.6 is 23.1 Å². The molecule has 0 saturated carbocycles. The van der Waals surface area contributed by atoms with Crippen LogP contribution in [-0.4, -0.2) is 22.5 Å². The molecule has 1 aromatic heterocycles. The number of nitrogens with zero attached hydrogens (tertiary/aromatic N) is 1. The summed E-state index contributed by atoms with van der Waals surface area (Å²) in [6.45, 7) is 4.37. The molecule has 0 amide bonds. The zero-order valence-electron chi connectivity index (χ0n) is 10.0. The molecule has 1 N–H and O–H groups in total. The third kappa shape index (κ3) is 3.22. The van der Waals surface area contributed by atoms with Crippen LogP contribution in [-0.2, 0) is 0 Å². The summed E-state index contributed by atoms with van der Waals surface area (Å²) in [5.41, 5.74) is 0. The summed E-state index contributed by atoms with van der Waals surface area (Å²) in [4.78, 5) is 5.82. The number of aryl methyl sites for hydroxylation is 1. The number of thioether (sulfide) groups is 1. The molecule has 0 aliphatic carbocycles. The predicted molar refractivity (Wildman–Crippen MR) is 73.4 cm³/mol. The normalized spacial score (nSPS) is 19.9. The molecular weight excluding hydrogens is 236 g/mol. The molecule has 2 rings (SSSR count). The fourth-order valence-electron chi connectivity index (χ4n) is 2.05. The molecule has 4 heteroatoms. The summed E-state index contributed by atoms with van der Waals surface area (Å²) in [5, 5.41) is 5.03. The van der Waals surface area contributed by atoms with Gasteiger partial charge in [0, 0.05) is 17.1 Å². The van der Waals surface area contributed by atoms with Crippen LogP contribution in [0.5, 0.6) is 0 Å². The highest BCUT2D eigenvalue weighted by atomic mass is 32.2. The molecule has 2 nitrogen and oxygen atoms in total. The lowest BCUT2D eigenvalue weighted by Gasteiger charge is -2.26. The van der Waals surface area contributed by atoms with E-state index in [4.69, 9.17) is 0 Å². The van der Waals surface area contributed by atoms with Crippen LogP contribution in [0.2, 0.25) is 0 Å². The summed E-state index contributed by atoms with van der Waals surface area (Å²) < 4.78 is 0. The van der Waals surface area contributed by atoms with Crippen molar-refractivity contribution in [3.8, 4) is 0 Å². The first-order chi connectivity index (χ1) is 7.79. The molecule has 16 heavy (non-hydrogen) atoms. The van der Waals surface area contributed by atoms with Gasteiger partial charge in [0.05, 0.1) is 6.04 Å². The first-order valence-corrected chi connectivity index (χ1v) is 8.03. The Bertz CT molecular complexity index is 319. The van der Waals surface area contributed by atoms with E-state index < -0.39 is 0 Å². The average Bonchev–Trinajstić information content (AvgIpc) is 2.74. The van der Waals surface area contributed by atoms with Crippen molar-refractivity contribution >= 4 is 23.1 Å². The van der Waals surface area contributed by atoms with E-state index in [1.165, 1.54) is 34.2 Å². The Balaban J connectivity index is 1.94. The first-order valence-electron chi connectivity index (χ1n) is 6.05. The lowest BCUT2D eigenvalue weighted by atomic mass is 10.1. The number of aromatic nitrogens is 1. The Kier molecular flexibility index (Phi) is 4.67.